The number of nitrogens with zero attached hydrogens (tertiary/aromatic N) is 4. The number of hydrogen-bond donors (Lipinski definition) is 0. The Bertz CT molecular complexity index is 437. The number of benzene rings is 1. The molecule has 2 rings (SSSR count). The normalized spacial score (nSPS) is 8.81. The topological polar surface area (TPSA) is 54.5 Å². The highest BCUT2D eigenvalue weighted by molar-refractivity contribution is 5.31. The van der Waals surface area contributed by atoms with Gasteiger partial charge in [-0.2, -0.15) is 10.4 Å². The van der Waals surface area contributed by atoms with Gasteiger partial charge in [0.15, 0.2) is 0 Å². The fourth-order valence-electron chi connectivity index (χ4n) is 1.19. The zero-order valence-electron chi connectivity index (χ0n) is 9.46. The van der Waals surface area contributed by atoms with Gasteiger partial charge in [0.05, 0.1) is 18.2 Å². The van der Waals surface area contributed by atoms with Gasteiger partial charge in [0.1, 0.15) is 12.7 Å². The summed E-state index contributed by atoms with van der Waals surface area (Å²) in [5, 5.41) is 12.6. The van der Waals surface area contributed by atoms with Crippen LogP contribution < -0.4 is 0 Å². The van der Waals surface area contributed by atoms with Crippen LogP contribution in [0.15, 0.2) is 36.9 Å². The molecule has 4 heteroatoms. The quantitative estimate of drug-likeness (QED) is 0.770. The predicted molar refractivity (Wildman–Crippen MR) is 61.6 cm³/mol. The summed E-state index contributed by atoms with van der Waals surface area (Å²) in [5.41, 5.74) is 1.78. The lowest BCUT2D eigenvalue weighted by molar-refractivity contribution is 0.685. The van der Waals surface area contributed by atoms with Gasteiger partial charge in [-0.05, 0) is 17.7 Å². The molecule has 16 heavy (non-hydrogen) atoms. The monoisotopic (exact) mass is 214 g/mol. The van der Waals surface area contributed by atoms with Gasteiger partial charge in [0, 0.05) is 0 Å². The second-order valence-corrected chi connectivity index (χ2v) is 2.90. The van der Waals surface area contributed by atoms with Gasteiger partial charge in [0.2, 0.25) is 0 Å². The summed E-state index contributed by atoms with van der Waals surface area (Å²) in [6.45, 7) is 4.69. The lowest BCUT2D eigenvalue weighted by Crippen LogP contribution is -1.99. The summed E-state index contributed by atoms with van der Waals surface area (Å²) in [5.74, 6) is 0. The Morgan fingerprint density at radius 1 is 1.25 bits per heavy atom. The Labute approximate surface area is 95.2 Å². The van der Waals surface area contributed by atoms with E-state index in [1.165, 1.54) is 6.33 Å². The van der Waals surface area contributed by atoms with Crippen molar-refractivity contribution >= 4 is 0 Å². The molecular formula is C12H14N4. The van der Waals surface area contributed by atoms with E-state index in [-0.39, 0.29) is 0 Å². The van der Waals surface area contributed by atoms with Crippen LogP contribution in [0.3, 0.4) is 0 Å². The first-order chi connectivity index (χ1) is 7.88. The van der Waals surface area contributed by atoms with Gasteiger partial charge in [-0.3, -0.25) is 0 Å². The van der Waals surface area contributed by atoms with Crippen molar-refractivity contribution in [3.63, 3.8) is 0 Å². The van der Waals surface area contributed by atoms with Crippen LogP contribution in [0, 0.1) is 11.3 Å². The van der Waals surface area contributed by atoms with Crippen molar-refractivity contribution in [2.24, 2.45) is 0 Å². The molecule has 4 nitrogen and oxygen atoms in total. The van der Waals surface area contributed by atoms with Crippen molar-refractivity contribution in [3.05, 3.63) is 48.0 Å². The first kappa shape index (κ1) is 11.9. The molecular weight excluding hydrogens is 200 g/mol. The minimum atomic E-state index is 0.673. The summed E-state index contributed by atoms with van der Waals surface area (Å²) in [6.07, 6.45) is 3.17. The van der Waals surface area contributed by atoms with Crippen molar-refractivity contribution in [2.75, 3.05) is 0 Å². The maximum absolute atomic E-state index is 8.61. The maximum Gasteiger partial charge on any atom is 0.137 e. The standard InChI is InChI=1S/C10H8N4.C2H6/c11-5-9-1-3-10(4-2-9)6-14-8-12-7-13-14;1-2/h1-4,7-8H,6H2;1-2H3. The average Bonchev–Trinajstić information content (AvgIpc) is 2.86. The lowest BCUT2D eigenvalue weighted by Gasteiger charge is -2.00. The Kier molecular flexibility index (Phi) is 4.74. The SMILES string of the molecule is CC.N#Cc1ccc(Cn2cncn2)cc1. The minimum Gasteiger partial charge on any atom is -0.249 e. The Morgan fingerprint density at radius 2 is 1.94 bits per heavy atom. The third-order valence-electron chi connectivity index (χ3n) is 1.89. The first-order valence-corrected chi connectivity index (χ1v) is 5.20. The van der Waals surface area contributed by atoms with Crippen molar-refractivity contribution in [2.45, 2.75) is 20.4 Å². The summed E-state index contributed by atoms with van der Waals surface area (Å²) in [4.78, 5) is 3.85. The summed E-state index contributed by atoms with van der Waals surface area (Å²) < 4.78 is 1.74. The van der Waals surface area contributed by atoms with E-state index in [0.29, 0.717) is 12.1 Å². The van der Waals surface area contributed by atoms with E-state index in [9.17, 15) is 0 Å². The molecule has 0 unspecified atom stereocenters. The van der Waals surface area contributed by atoms with Crippen LogP contribution in [0.5, 0.6) is 0 Å². The van der Waals surface area contributed by atoms with E-state index >= 15 is 0 Å². The van der Waals surface area contributed by atoms with Gasteiger partial charge >= 0.3 is 0 Å². The van der Waals surface area contributed by atoms with Crippen LogP contribution in [0.4, 0.5) is 0 Å². The van der Waals surface area contributed by atoms with Crippen LogP contribution in [-0.4, -0.2) is 14.8 Å². The smallest absolute Gasteiger partial charge is 0.137 e. The van der Waals surface area contributed by atoms with Gasteiger partial charge in [-0.1, -0.05) is 26.0 Å². The van der Waals surface area contributed by atoms with Crippen molar-refractivity contribution in [1.29, 1.82) is 5.26 Å². The van der Waals surface area contributed by atoms with Crippen molar-refractivity contribution in [1.82, 2.24) is 14.8 Å². The summed E-state index contributed by atoms with van der Waals surface area (Å²) >= 11 is 0. The first-order valence-electron chi connectivity index (χ1n) is 5.20. The zero-order valence-corrected chi connectivity index (χ0v) is 9.46. The number of nitriles is 1. The molecule has 82 valence electrons. The molecule has 0 bridgehead atoms. The fourth-order valence-corrected chi connectivity index (χ4v) is 1.19. The highest BCUT2D eigenvalue weighted by atomic mass is 15.3. The third-order valence-corrected chi connectivity index (χ3v) is 1.89. The fraction of sp³-hybridized carbons (Fsp3) is 0.250. The minimum absolute atomic E-state index is 0.673. The molecule has 0 spiro atoms. The molecule has 1 aromatic heterocycles. The van der Waals surface area contributed by atoms with Gasteiger partial charge in [0.25, 0.3) is 0 Å². The molecule has 0 radical (unpaired) electrons. The molecule has 0 N–H and O–H groups in total. The van der Waals surface area contributed by atoms with Crippen LogP contribution in [-0.2, 0) is 6.54 Å². The van der Waals surface area contributed by atoms with Crippen LogP contribution in [0.25, 0.3) is 0 Å². The van der Waals surface area contributed by atoms with Crippen LogP contribution >= 0.6 is 0 Å². The van der Waals surface area contributed by atoms with Crippen LogP contribution in [0.2, 0.25) is 0 Å². The molecule has 0 aliphatic heterocycles. The summed E-state index contributed by atoms with van der Waals surface area (Å²) in [7, 11) is 0. The number of rotatable bonds is 2. The van der Waals surface area contributed by atoms with Gasteiger partial charge in [-0.15, -0.1) is 0 Å². The van der Waals surface area contributed by atoms with Crippen LogP contribution in [0.1, 0.15) is 25.0 Å². The van der Waals surface area contributed by atoms with Gasteiger partial charge in [-0.25, -0.2) is 9.67 Å². The molecule has 0 saturated carbocycles. The zero-order chi connectivity index (χ0) is 11.8. The van der Waals surface area contributed by atoms with Crippen molar-refractivity contribution < 1.29 is 0 Å². The lowest BCUT2D eigenvalue weighted by atomic mass is 10.1. The van der Waals surface area contributed by atoms with E-state index in [0.717, 1.165) is 5.56 Å². The largest absolute Gasteiger partial charge is 0.249 e. The van der Waals surface area contributed by atoms with E-state index in [1.54, 1.807) is 23.1 Å². The number of aromatic nitrogens is 3. The Hall–Kier alpha value is -2.15. The second kappa shape index (κ2) is 6.36. The third kappa shape index (κ3) is 3.21. The predicted octanol–water partition coefficient (Wildman–Crippen LogP) is 2.22. The average molecular weight is 214 g/mol. The van der Waals surface area contributed by atoms with E-state index in [2.05, 4.69) is 16.2 Å². The molecule has 0 fully saturated rings. The van der Waals surface area contributed by atoms with Crippen molar-refractivity contribution in [3.8, 4) is 6.07 Å². The molecule has 2 aromatic rings. The van der Waals surface area contributed by atoms with E-state index in [4.69, 9.17) is 5.26 Å². The molecule has 1 heterocycles. The highest BCUT2D eigenvalue weighted by Crippen LogP contribution is 2.04. The van der Waals surface area contributed by atoms with E-state index < -0.39 is 0 Å². The molecule has 0 saturated heterocycles. The van der Waals surface area contributed by atoms with E-state index in [1.807, 2.05) is 26.0 Å². The molecule has 0 amide bonds. The number of hydrogen-bond acceptors (Lipinski definition) is 3. The Morgan fingerprint density at radius 3 is 2.44 bits per heavy atom. The highest BCUT2D eigenvalue weighted by Gasteiger charge is 1.95. The molecule has 0 aliphatic rings. The maximum atomic E-state index is 8.61. The molecule has 1 aromatic carbocycles. The van der Waals surface area contributed by atoms with Gasteiger partial charge < -0.3 is 0 Å². The Balaban J connectivity index is 0.000000606. The molecule has 0 aliphatic carbocycles. The summed E-state index contributed by atoms with van der Waals surface area (Å²) in [6, 6.07) is 9.51. The molecule has 0 atom stereocenters. The second-order valence-electron chi connectivity index (χ2n) is 2.90.